The van der Waals surface area contributed by atoms with Crippen LogP contribution in [0.3, 0.4) is 0 Å². The molecule has 0 radical (unpaired) electrons. The molecule has 11 atom stereocenters. The van der Waals surface area contributed by atoms with E-state index in [0.717, 1.165) is 64.2 Å². The maximum absolute atomic E-state index is 13.0. The average molecular weight is 931 g/mol. The van der Waals surface area contributed by atoms with Crippen LogP contribution in [-0.4, -0.2) is 142 Å². The first kappa shape index (κ1) is 59.1. The van der Waals surface area contributed by atoms with Gasteiger partial charge in [-0.2, -0.15) is 0 Å². The van der Waals surface area contributed by atoms with Gasteiger partial charge >= 0.3 is 11.9 Å². The molecule has 15 nitrogen and oxygen atoms in total. The maximum atomic E-state index is 13.0. The zero-order valence-electron chi connectivity index (χ0n) is 40.0. The first-order valence-electron chi connectivity index (χ1n) is 25.4. The summed E-state index contributed by atoms with van der Waals surface area (Å²) in [5.41, 5.74) is 0. The molecule has 0 aromatic heterocycles. The van der Waals surface area contributed by atoms with Gasteiger partial charge in [0.15, 0.2) is 18.7 Å². The van der Waals surface area contributed by atoms with Crippen LogP contribution in [0.4, 0.5) is 0 Å². The second-order valence-electron chi connectivity index (χ2n) is 18.0. The van der Waals surface area contributed by atoms with Crippen molar-refractivity contribution in [1.82, 2.24) is 0 Å². The van der Waals surface area contributed by atoms with Crippen molar-refractivity contribution in [3.8, 4) is 0 Å². The number of carbonyl (C=O) groups is 2. The number of unbranched alkanes of at least 4 members (excludes halogenated alkanes) is 21. The van der Waals surface area contributed by atoms with E-state index in [4.69, 9.17) is 28.4 Å². The van der Waals surface area contributed by atoms with E-state index >= 15 is 0 Å². The number of allylic oxidation sites excluding steroid dienone is 4. The van der Waals surface area contributed by atoms with Gasteiger partial charge in [0.1, 0.15) is 55.4 Å². The molecule has 2 aliphatic rings. The second-order valence-corrected chi connectivity index (χ2v) is 18.0. The minimum Gasteiger partial charge on any atom is -0.462 e. The first-order chi connectivity index (χ1) is 31.5. The molecular weight excluding hydrogens is 841 g/mol. The maximum Gasteiger partial charge on any atom is 0.306 e. The molecule has 0 saturated carbocycles. The fourth-order valence-electron chi connectivity index (χ4n) is 7.94. The van der Waals surface area contributed by atoms with Crippen molar-refractivity contribution >= 4 is 11.9 Å². The molecule has 0 spiro atoms. The Morgan fingerprint density at radius 2 is 0.938 bits per heavy atom. The summed E-state index contributed by atoms with van der Waals surface area (Å²) in [6.07, 6.45) is 20.6. The topological polar surface area (TPSA) is 231 Å². The van der Waals surface area contributed by atoms with Crippen LogP contribution < -0.4 is 0 Å². The lowest BCUT2D eigenvalue weighted by Crippen LogP contribution is -2.61. The van der Waals surface area contributed by atoms with Crippen LogP contribution in [0.25, 0.3) is 0 Å². The van der Waals surface area contributed by atoms with Crippen molar-refractivity contribution in [2.24, 2.45) is 0 Å². The second kappa shape index (κ2) is 37.9. The molecule has 0 bridgehead atoms. The fourth-order valence-corrected chi connectivity index (χ4v) is 7.94. The van der Waals surface area contributed by atoms with Crippen LogP contribution in [0.2, 0.25) is 0 Å². The van der Waals surface area contributed by atoms with Crippen molar-refractivity contribution < 1.29 is 73.8 Å². The van der Waals surface area contributed by atoms with Crippen LogP contribution in [0.15, 0.2) is 24.3 Å². The quantitative estimate of drug-likeness (QED) is 0.0192. The number of hydrogen-bond acceptors (Lipinski definition) is 15. The predicted octanol–water partition coefficient (Wildman–Crippen LogP) is 6.77. The third kappa shape index (κ3) is 26.4. The number of hydrogen-bond donors (Lipinski definition) is 7. The van der Waals surface area contributed by atoms with Crippen LogP contribution >= 0.6 is 0 Å². The summed E-state index contributed by atoms with van der Waals surface area (Å²) in [7, 11) is 0. The van der Waals surface area contributed by atoms with Crippen molar-refractivity contribution in [3.63, 3.8) is 0 Å². The number of ether oxygens (including phenoxy) is 6. The molecule has 2 saturated heterocycles. The first-order valence-corrected chi connectivity index (χ1v) is 25.4. The Morgan fingerprint density at radius 1 is 0.492 bits per heavy atom. The Labute approximate surface area is 390 Å². The minimum absolute atomic E-state index is 0.166. The molecular formula is C50H90O15. The van der Waals surface area contributed by atoms with Gasteiger partial charge in [-0.15, -0.1) is 0 Å². The summed E-state index contributed by atoms with van der Waals surface area (Å²) in [6, 6.07) is 0. The summed E-state index contributed by atoms with van der Waals surface area (Å²) < 4.78 is 33.5. The van der Waals surface area contributed by atoms with Crippen molar-refractivity contribution in [2.75, 3.05) is 26.4 Å². The van der Waals surface area contributed by atoms with Crippen LogP contribution in [0.5, 0.6) is 0 Å². The van der Waals surface area contributed by atoms with Gasteiger partial charge in [-0.1, -0.05) is 160 Å². The van der Waals surface area contributed by atoms with E-state index in [-0.39, 0.29) is 26.1 Å². The molecule has 2 aliphatic heterocycles. The summed E-state index contributed by atoms with van der Waals surface area (Å²) in [6.45, 7) is 2.54. The smallest absolute Gasteiger partial charge is 0.306 e. The molecule has 0 aliphatic carbocycles. The number of carbonyl (C=O) groups excluding carboxylic acids is 2. The van der Waals surface area contributed by atoms with Crippen molar-refractivity contribution in [2.45, 2.75) is 255 Å². The van der Waals surface area contributed by atoms with E-state index in [2.05, 4.69) is 38.2 Å². The van der Waals surface area contributed by atoms with Gasteiger partial charge in [0.2, 0.25) is 0 Å². The molecule has 2 rings (SSSR count). The molecule has 0 aromatic rings. The van der Waals surface area contributed by atoms with E-state index in [1.54, 1.807) is 0 Å². The highest BCUT2D eigenvalue weighted by atomic mass is 16.7. The lowest BCUT2D eigenvalue weighted by molar-refractivity contribution is -0.332. The van der Waals surface area contributed by atoms with Crippen molar-refractivity contribution in [3.05, 3.63) is 24.3 Å². The van der Waals surface area contributed by atoms with Gasteiger partial charge in [-0.3, -0.25) is 9.59 Å². The average Bonchev–Trinajstić information content (AvgIpc) is 3.30. The zero-order chi connectivity index (χ0) is 47.5. The van der Waals surface area contributed by atoms with E-state index in [1.165, 1.54) is 83.5 Å². The van der Waals surface area contributed by atoms with E-state index < -0.39 is 92.7 Å². The van der Waals surface area contributed by atoms with Gasteiger partial charge in [-0.05, 0) is 38.5 Å². The molecule has 7 N–H and O–H groups in total. The Kier molecular flexibility index (Phi) is 34.5. The highest BCUT2D eigenvalue weighted by molar-refractivity contribution is 5.70. The zero-order valence-corrected chi connectivity index (χ0v) is 40.0. The summed E-state index contributed by atoms with van der Waals surface area (Å²) in [4.78, 5) is 25.7. The number of aliphatic hydroxyl groups is 7. The standard InChI is InChI=1S/C50H90O15/c1-3-5-7-9-11-13-15-17-19-21-23-25-27-29-31-33-42(53)63-38(35-60-41(52)32-30-28-26-24-22-20-18-16-14-12-10-8-6-4-2)36-61-49-48(59)46(57)44(55)40(65-49)37-62-50-47(58)45(56)43(54)39(34-51)64-50/h10,12,16,18,38-40,43-51,54-59H,3-9,11,13-15,17,19-37H2,1-2H3/b12-10+,18-16+/t38-,39-,40-,43+,44+,45?,46?,47?,48?,49-,50-/m1/s1. The number of rotatable bonds is 39. The monoisotopic (exact) mass is 931 g/mol. The molecule has 4 unspecified atom stereocenters. The summed E-state index contributed by atoms with van der Waals surface area (Å²) in [5, 5.41) is 72.0. The summed E-state index contributed by atoms with van der Waals surface area (Å²) in [5.74, 6) is -0.935. The van der Waals surface area contributed by atoms with E-state index in [1.807, 2.05) is 0 Å². The number of aliphatic hydroxyl groups excluding tert-OH is 7. The van der Waals surface area contributed by atoms with E-state index in [9.17, 15) is 45.3 Å². The molecule has 65 heavy (non-hydrogen) atoms. The van der Waals surface area contributed by atoms with Gasteiger partial charge < -0.3 is 64.2 Å². The predicted molar refractivity (Wildman–Crippen MR) is 247 cm³/mol. The number of esters is 2. The van der Waals surface area contributed by atoms with Crippen LogP contribution in [0, 0.1) is 0 Å². The SMILES string of the molecule is CCCC/C=C/C/C=C/CCCCCCCC(=O)OC[C@H](CO[C@@H]1O[C@H](CO[C@@H]2O[C@H](CO)[C@H](O)C(O)C2O)[C@H](O)C(O)C1O)OC(=O)CCCCCCCCCCCCCCCCC. The van der Waals surface area contributed by atoms with Crippen LogP contribution in [0.1, 0.15) is 187 Å². The molecule has 380 valence electrons. The van der Waals surface area contributed by atoms with Gasteiger partial charge in [-0.25, -0.2) is 0 Å². The molecule has 0 aromatic carbocycles. The molecule has 2 fully saturated rings. The molecule has 15 heteroatoms. The Bertz CT molecular complexity index is 1230. The highest BCUT2D eigenvalue weighted by Crippen LogP contribution is 2.26. The van der Waals surface area contributed by atoms with Gasteiger partial charge in [0, 0.05) is 12.8 Å². The van der Waals surface area contributed by atoms with Gasteiger partial charge in [0.05, 0.1) is 19.8 Å². The normalized spacial score (nSPS) is 26.5. The fraction of sp³-hybridized carbons (Fsp3) is 0.880. The van der Waals surface area contributed by atoms with E-state index in [0.29, 0.717) is 12.8 Å². The molecule has 0 amide bonds. The third-order valence-electron chi connectivity index (χ3n) is 12.2. The Morgan fingerprint density at radius 3 is 1.48 bits per heavy atom. The minimum atomic E-state index is -1.76. The van der Waals surface area contributed by atoms with Gasteiger partial charge in [0.25, 0.3) is 0 Å². The Hall–Kier alpha value is -2.02. The highest BCUT2D eigenvalue weighted by Gasteiger charge is 2.47. The third-order valence-corrected chi connectivity index (χ3v) is 12.2. The lowest BCUT2D eigenvalue weighted by Gasteiger charge is -2.42. The molecule has 2 heterocycles. The van der Waals surface area contributed by atoms with Crippen molar-refractivity contribution in [1.29, 1.82) is 0 Å². The lowest BCUT2D eigenvalue weighted by atomic mass is 9.98. The summed E-state index contributed by atoms with van der Waals surface area (Å²) >= 11 is 0. The Balaban J connectivity index is 1.82. The largest absolute Gasteiger partial charge is 0.462 e. The van der Waals surface area contributed by atoms with Crippen LogP contribution in [-0.2, 0) is 38.0 Å².